The fraction of sp³-hybridized carbons (Fsp3) is 0.192. The third-order valence-electron chi connectivity index (χ3n) is 5.56. The van der Waals surface area contributed by atoms with Gasteiger partial charge in [0.1, 0.15) is 5.84 Å². The van der Waals surface area contributed by atoms with Gasteiger partial charge in [0, 0.05) is 45.6 Å². The summed E-state index contributed by atoms with van der Waals surface area (Å²) in [6.07, 6.45) is 0.721. The van der Waals surface area contributed by atoms with Gasteiger partial charge in [-0.3, -0.25) is 15.5 Å². The number of amides is 2. The number of anilines is 3. The molecule has 1 saturated heterocycles. The summed E-state index contributed by atoms with van der Waals surface area (Å²) in [5, 5.41) is 14.4. The van der Waals surface area contributed by atoms with Crippen LogP contribution in [0.3, 0.4) is 0 Å². The average molecular weight is 511 g/mol. The third kappa shape index (κ3) is 6.32. The first kappa shape index (κ1) is 24.6. The molecule has 0 aromatic heterocycles. The van der Waals surface area contributed by atoms with Gasteiger partial charge in [0.2, 0.25) is 6.10 Å². The molecule has 1 unspecified atom stereocenters. The van der Waals surface area contributed by atoms with E-state index in [1.807, 2.05) is 17.0 Å². The summed E-state index contributed by atoms with van der Waals surface area (Å²) >= 11 is 12.2. The van der Waals surface area contributed by atoms with Crippen molar-refractivity contribution in [1.82, 2.24) is 0 Å². The highest BCUT2D eigenvalue weighted by atomic mass is 35.5. The van der Waals surface area contributed by atoms with Crippen LogP contribution < -0.4 is 15.5 Å². The van der Waals surface area contributed by atoms with Crippen LogP contribution in [0, 0.1) is 5.41 Å². The van der Waals surface area contributed by atoms with Gasteiger partial charge in [-0.15, -0.1) is 0 Å². The van der Waals surface area contributed by atoms with Crippen LogP contribution in [0.2, 0.25) is 10.0 Å². The van der Waals surface area contributed by atoms with E-state index in [0.29, 0.717) is 32.8 Å². The Kier molecular flexibility index (Phi) is 7.90. The summed E-state index contributed by atoms with van der Waals surface area (Å²) in [5.41, 5.74) is 2.25. The molecule has 1 atom stereocenters. The maximum Gasteiger partial charge on any atom is 0.412 e. The summed E-state index contributed by atoms with van der Waals surface area (Å²) in [4.78, 5) is 27.7. The van der Waals surface area contributed by atoms with Gasteiger partial charge in [0.25, 0.3) is 5.91 Å². The van der Waals surface area contributed by atoms with Crippen molar-refractivity contribution < 1.29 is 14.3 Å². The van der Waals surface area contributed by atoms with Crippen molar-refractivity contribution in [3.05, 3.63) is 88.4 Å². The first-order valence-corrected chi connectivity index (χ1v) is 11.9. The van der Waals surface area contributed by atoms with Crippen molar-refractivity contribution in [2.45, 2.75) is 25.4 Å². The number of carbonyl (C=O) groups is 2. The molecular formula is C26H24Cl2N4O3. The second kappa shape index (κ2) is 11.3. The van der Waals surface area contributed by atoms with Gasteiger partial charge in [-0.05, 0) is 67.4 Å². The van der Waals surface area contributed by atoms with E-state index in [1.165, 1.54) is 0 Å². The Balaban J connectivity index is 1.49. The lowest BCUT2D eigenvalue weighted by Crippen LogP contribution is -2.34. The molecule has 0 spiro atoms. The van der Waals surface area contributed by atoms with Crippen molar-refractivity contribution in [2.75, 3.05) is 22.1 Å². The zero-order valence-electron chi connectivity index (χ0n) is 18.8. The molecule has 9 heteroatoms. The minimum atomic E-state index is -1.29. The molecule has 180 valence electrons. The van der Waals surface area contributed by atoms with Crippen LogP contribution in [-0.2, 0) is 9.53 Å². The monoisotopic (exact) mass is 510 g/mol. The Labute approximate surface area is 213 Å². The van der Waals surface area contributed by atoms with Gasteiger partial charge in [-0.1, -0.05) is 41.4 Å². The minimum Gasteiger partial charge on any atom is -0.431 e. The first-order valence-electron chi connectivity index (χ1n) is 11.1. The molecule has 0 saturated carbocycles. The van der Waals surface area contributed by atoms with Crippen LogP contribution in [0.1, 0.15) is 30.9 Å². The highest BCUT2D eigenvalue weighted by Gasteiger charge is 2.27. The van der Waals surface area contributed by atoms with Crippen molar-refractivity contribution in [2.24, 2.45) is 0 Å². The maximum absolute atomic E-state index is 13.2. The zero-order chi connectivity index (χ0) is 24.8. The molecule has 1 aliphatic rings. The van der Waals surface area contributed by atoms with Crippen molar-refractivity contribution >= 4 is 58.1 Å². The number of halogens is 2. The molecule has 0 bridgehead atoms. The fourth-order valence-electron chi connectivity index (χ4n) is 3.78. The second-order valence-corrected chi connectivity index (χ2v) is 8.87. The van der Waals surface area contributed by atoms with Crippen LogP contribution in [0.15, 0.2) is 72.8 Å². The Bertz CT molecular complexity index is 1220. The van der Waals surface area contributed by atoms with E-state index in [2.05, 4.69) is 10.6 Å². The molecule has 0 aliphatic carbocycles. The lowest BCUT2D eigenvalue weighted by molar-refractivity contribution is -0.124. The molecule has 0 radical (unpaired) electrons. The van der Waals surface area contributed by atoms with Crippen molar-refractivity contribution in [3.63, 3.8) is 0 Å². The number of amidine groups is 1. The highest BCUT2D eigenvalue weighted by molar-refractivity contribution is 6.31. The Morgan fingerprint density at radius 3 is 2.23 bits per heavy atom. The number of nitrogens with one attached hydrogen (secondary N) is 3. The number of hydrogen-bond donors (Lipinski definition) is 3. The summed E-state index contributed by atoms with van der Waals surface area (Å²) in [6.45, 7) is 0.801. The molecular weight excluding hydrogens is 487 g/mol. The fourth-order valence-corrected chi connectivity index (χ4v) is 4.14. The van der Waals surface area contributed by atoms with Crippen molar-refractivity contribution in [1.29, 1.82) is 5.41 Å². The lowest BCUT2D eigenvalue weighted by atomic mass is 10.1. The summed E-state index contributed by atoms with van der Waals surface area (Å²) in [6, 6.07) is 20.4. The Morgan fingerprint density at radius 2 is 1.54 bits per heavy atom. The van der Waals surface area contributed by atoms with Crippen molar-refractivity contribution in [3.8, 4) is 0 Å². The third-order valence-corrected chi connectivity index (χ3v) is 6.16. The standard InChI is InChI=1S/C26H24Cl2N4O3/c27-17-8-10-19(11-9-17)31-26(34)35-24(21-5-1-2-6-22(21)28)25(33)30-18-12-14-20(15-13-18)32-16-4-3-7-23(32)29/h1-2,5-6,8-15,24,29H,3-4,7,16H2,(H,30,33)(H,31,34). The predicted octanol–water partition coefficient (Wildman–Crippen LogP) is 6.89. The zero-order valence-corrected chi connectivity index (χ0v) is 20.3. The van der Waals surface area contributed by atoms with Crippen LogP contribution in [0.25, 0.3) is 0 Å². The molecule has 1 aliphatic heterocycles. The summed E-state index contributed by atoms with van der Waals surface area (Å²) in [5.74, 6) is 0.0368. The first-order chi connectivity index (χ1) is 16.9. The Hall–Kier alpha value is -3.55. The van der Waals surface area contributed by atoms with Crippen LogP contribution >= 0.6 is 23.2 Å². The second-order valence-electron chi connectivity index (χ2n) is 8.03. The van der Waals surface area contributed by atoms with E-state index >= 15 is 0 Å². The summed E-state index contributed by atoms with van der Waals surface area (Å²) < 4.78 is 5.50. The van der Waals surface area contributed by atoms with Gasteiger partial charge in [-0.25, -0.2) is 4.79 Å². The van der Waals surface area contributed by atoms with Gasteiger partial charge in [0.15, 0.2) is 0 Å². The maximum atomic E-state index is 13.2. The van der Waals surface area contributed by atoms with E-state index < -0.39 is 18.1 Å². The molecule has 1 heterocycles. The van der Waals surface area contributed by atoms with E-state index in [-0.39, 0.29) is 0 Å². The molecule has 3 aromatic rings. The molecule has 2 amide bonds. The number of carbonyl (C=O) groups excluding carboxylic acids is 2. The van der Waals surface area contributed by atoms with Gasteiger partial charge in [-0.2, -0.15) is 0 Å². The number of rotatable bonds is 6. The number of hydrogen-bond acceptors (Lipinski definition) is 4. The smallest absolute Gasteiger partial charge is 0.412 e. The molecule has 35 heavy (non-hydrogen) atoms. The number of nitrogens with zero attached hydrogens (tertiary/aromatic N) is 1. The number of piperidine rings is 1. The van der Waals surface area contributed by atoms with E-state index in [9.17, 15) is 9.59 Å². The minimum absolute atomic E-state index is 0.297. The molecule has 3 N–H and O–H groups in total. The Morgan fingerprint density at radius 1 is 0.886 bits per heavy atom. The van der Waals surface area contributed by atoms with Crippen LogP contribution in [0.4, 0.5) is 21.9 Å². The molecule has 1 fully saturated rings. The molecule has 3 aromatic carbocycles. The predicted molar refractivity (Wildman–Crippen MR) is 140 cm³/mol. The summed E-state index contributed by atoms with van der Waals surface area (Å²) in [7, 11) is 0. The van der Waals surface area contributed by atoms with Gasteiger partial charge >= 0.3 is 6.09 Å². The normalized spacial score (nSPS) is 14.2. The topological polar surface area (TPSA) is 94.5 Å². The number of ether oxygens (including phenoxy) is 1. The molecule has 4 rings (SSSR count). The van der Waals surface area contributed by atoms with E-state index in [0.717, 1.165) is 31.5 Å². The van der Waals surface area contributed by atoms with E-state index in [4.69, 9.17) is 33.3 Å². The quantitative estimate of drug-likeness (QED) is 0.336. The highest BCUT2D eigenvalue weighted by Crippen LogP contribution is 2.29. The number of benzene rings is 3. The SMILES string of the molecule is N=C1CCCCN1c1ccc(NC(=O)C(OC(=O)Nc2ccc(Cl)cc2)c2ccccc2Cl)cc1. The lowest BCUT2D eigenvalue weighted by Gasteiger charge is -2.29. The molecule has 7 nitrogen and oxygen atoms in total. The van der Waals surface area contributed by atoms with Crippen LogP contribution in [0.5, 0.6) is 0 Å². The van der Waals surface area contributed by atoms with Gasteiger partial charge < -0.3 is 15.0 Å². The van der Waals surface area contributed by atoms with Crippen LogP contribution in [-0.4, -0.2) is 24.4 Å². The van der Waals surface area contributed by atoms with Gasteiger partial charge in [0.05, 0.1) is 0 Å². The van der Waals surface area contributed by atoms with E-state index in [1.54, 1.807) is 60.7 Å². The average Bonchev–Trinajstić information content (AvgIpc) is 2.85. The largest absolute Gasteiger partial charge is 0.431 e.